The van der Waals surface area contributed by atoms with Crippen LogP contribution in [0, 0.1) is 13.8 Å². The van der Waals surface area contributed by atoms with E-state index in [9.17, 15) is 4.79 Å². The number of benzene rings is 2. The number of rotatable bonds is 5. The zero-order valence-electron chi connectivity index (χ0n) is 14.9. The van der Waals surface area contributed by atoms with Crippen LogP contribution in [-0.4, -0.2) is 24.3 Å². The molecule has 3 aromatic rings. The second-order valence-electron chi connectivity index (χ2n) is 6.19. The van der Waals surface area contributed by atoms with E-state index in [2.05, 4.69) is 10.3 Å². The predicted molar refractivity (Wildman–Crippen MR) is 104 cm³/mol. The Kier molecular flexibility index (Phi) is 4.68. The fourth-order valence-electron chi connectivity index (χ4n) is 2.63. The third kappa shape index (κ3) is 3.88. The molecule has 0 saturated carbocycles. The number of thiazole rings is 1. The van der Waals surface area contributed by atoms with Crippen molar-refractivity contribution >= 4 is 22.4 Å². The minimum atomic E-state index is -0.250. The lowest BCUT2D eigenvalue weighted by atomic mass is 10.1. The third-order valence-corrected chi connectivity index (χ3v) is 5.02. The predicted octanol–water partition coefficient (Wildman–Crippen LogP) is 4.17. The summed E-state index contributed by atoms with van der Waals surface area (Å²) in [5.74, 6) is 1.85. The average molecular weight is 382 g/mol. The lowest BCUT2D eigenvalue weighted by molar-refractivity contribution is -0.118. The van der Waals surface area contributed by atoms with Gasteiger partial charge in [0.05, 0.1) is 5.69 Å². The van der Waals surface area contributed by atoms with Crippen LogP contribution in [0.4, 0.5) is 5.13 Å². The Morgan fingerprint density at radius 3 is 2.85 bits per heavy atom. The Morgan fingerprint density at radius 1 is 1.15 bits per heavy atom. The Labute approximate surface area is 160 Å². The van der Waals surface area contributed by atoms with Crippen molar-refractivity contribution in [3.05, 3.63) is 52.9 Å². The van der Waals surface area contributed by atoms with E-state index >= 15 is 0 Å². The Bertz CT molecular complexity index is 999. The molecule has 27 heavy (non-hydrogen) atoms. The summed E-state index contributed by atoms with van der Waals surface area (Å²) in [7, 11) is 0. The molecule has 1 aliphatic rings. The molecule has 0 unspecified atom stereocenters. The van der Waals surface area contributed by atoms with Crippen LogP contribution in [0.3, 0.4) is 0 Å². The minimum Gasteiger partial charge on any atom is -0.484 e. The number of hydrogen-bond acceptors (Lipinski definition) is 6. The maximum Gasteiger partial charge on any atom is 0.264 e. The van der Waals surface area contributed by atoms with Gasteiger partial charge in [-0.3, -0.25) is 10.1 Å². The molecule has 1 aromatic heterocycles. The number of carbonyl (C=O) groups is 1. The van der Waals surface area contributed by atoms with Gasteiger partial charge >= 0.3 is 0 Å². The first kappa shape index (κ1) is 17.4. The van der Waals surface area contributed by atoms with Gasteiger partial charge < -0.3 is 14.2 Å². The first-order chi connectivity index (χ1) is 13.1. The molecule has 0 radical (unpaired) electrons. The summed E-state index contributed by atoms with van der Waals surface area (Å²) < 4.78 is 16.3. The Balaban J connectivity index is 1.37. The maximum atomic E-state index is 12.1. The number of aromatic nitrogens is 1. The van der Waals surface area contributed by atoms with E-state index in [1.165, 1.54) is 16.9 Å². The molecule has 0 aliphatic carbocycles. The molecule has 4 rings (SSSR count). The summed E-state index contributed by atoms with van der Waals surface area (Å²) in [6.07, 6.45) is 0. The number of nitrogens with zero attached hydrogens (tertiary/aromatic N) is 1. The fraction of sp³-hybridized carbons (Fsp3) is 0.200. The number of carbonyl (C=O) groups excluding carboxylic acids is 1. The van der Waals surface area contributed by atoms with Gasteiger partial charge in [0.25, 0.3) is 5.91 Å². The number of nitrogens with one attached hydrogen (secondary N) is 1. The average Bonchev–Trinajstić information content (AvgIpc) is 3.31. The fourth-order valence-corrected chi connectivity index (χ4v) is 3.36. The first-order valence-electron chi connectivity index (χ1n) is 8.44. The number of ether oxygens (including phenoxy) is 3. The zero-order chi connectivity index (χ0) is 18.8. The van der Waals surface area contributed by atoms with Gasteiger partial charge in [0.1, 0.15) is 5.75 Å². The van der Waals surface area contributed by atoms with Crippen LogP contribution in [0.25, 0.3) is 11.3 Å². The van der Waals surface area contributed by atoms with Gasteiger partial charge in [0.15, 0.2) is 23.2 Å². The first-order valence-corrected chi connectivity index (χ1v) is 9.32. The smallest absolute Gasteiger partial charge is 0.264 e. The summed E-state index contributed by atoms with van der Waals surface area (Å²) in [6.45, 7) is 4.21. The number of amides is 1. The van der Waals surface area contributed by atoms with E-state index in [1.54, 1.807) is 0 Å². The van der Waals surface area contributed by atoms with Crippen molar-refractivity contribution in [3.8, 4) is 28.5 Å². The molecule has 1 aliphatic heterocycles. The van der Waals surface area contributed by atoms with Crippen molar-refractivity contribution in [2.24, 2.45) is 0 Å². The van der Waals surface area contributed by atoms with Crippen LogP contribution in [0.2, 0.25) is 0 Å². The minimum absolute atomic E-state index is 0.0680. The van der Waals surface area contributed by atoms with E-state index in [-0.39, 0.29) is 19.3 Å². The number of hydrogen-bond donors (Lipinski definition) is 1. The molecule has 0 spiro atoms. The molecule has 0 saturated heterocycles. The number of aryl methyl sites for hydroxylation is 2. The molecule has 138 valence electrons. The highest BCUT2D eigenvalue weighted by molar-refractivity contribution is 7.14. The molecule has 1 N–H and O–H groups in total. The molecular weight excluding hydrogens is 364 g/mol. The molecule has 1 amide bonds. The van der Waals surface area contributed by atoms with Gasteiger partial charge in [-0.1, -0.05) is 6.07 Å². The molecular formula is C20H18N2O4S. The highest BCUT2D eigenvalue weighted by Gasteiger charge is 2.15. The van der Waals surface area contributed by atoms with Crippen molar-refractivity contribution in [2.75, 3.05) is 18.7 Å². The van der Waals surface area contributed by atoms with Gasteiger partial charge in [-0.25, -0.2) is 4.98 Å². The van der Waals surface area contributed by atoms with Crippen LogP contribution in [0.5, 0.6) is 17.2 Å². The standard InChI is InChI=1S/C20H18N2O4S/c1-12-3-5-15(7-13(12)2)24-9-19(23)22-20-21-16(10-27-20)14-4-6-17-18(8-14)26-11-25-17/h3-8,10H,9,11H2,1-2H3,(H,21,22,23). The summed E-state index contributed by atoms with van der Waals surface area (Å²) in [5.41, 5.74) is 3.98. The van der Waals surface area contributed by atoms with Crippen molar-refractivity contribution in [1.29, 1.82) is 0 Å². The summed E-state index contributed by atoms with van der Waals surface area (Å²) in [6, 6.07) is 11.4. The topological polar surface area (TPSA) is 69.7 Å². The van der Waals surface area contributed by atoms with Crippen molar-refractivity contribution in [2.45, 2.75) is 13.8 Å². The van der Waals surface area contributed by atoms with E-state index in [1.807, 2.05) is 55.6 Å². The van der Waals surface area contributed by atoms with Crippen LogP contribution in [0.15, 0.2) is 41.8 Å². The van der Waals surface area contributed by atoms with Gasteiger partial charge in [-0.2, -0.15) is 0 Å². The largest absolute Gasteiger partial charge is 0.484 e. The lowest BCUT2D eigenvalue weighted by Gasteiger charge is -2.07. The monoisotopic (exact) mass is 382 g/mol. The lowest BCUT2D eigenvalue weighted by Crippen LogP contribution is -2.20. The van der Waals surface area contributed by atoms with E-state index < -0.39 is 0 Å². The summed E-state index contributed by atoms with van der Waals surface area (Å²) >= 11 is 1.36. The highest BCUT2D eigenvalue weighted by Crippen LogP contribution is 2.36. The normalized spacial score (nSPS) is 12.1. The van der Waals surface area contributed by atoms with Crippen LogP contribution < -0.4 is 19.5 Å². The molecule has 6 nitrogen and oxygen atoms in total. The molecule has 7 heteroatoms. The highest BCUT2D eigenvalue weighted by atomic mass is 32.1. The zero-order valence-corrected chi connectivity index (χ0v) is 15.8. The molecule has 0 fully saturated rings. The third-order valence-electron chi connectivity index (χ3n) is 4.27. The van der Waals surface area contributed by atoms with Crippen molar-refractivity contribution in [1.82, 2.24) is 4.98 Å². The van der Waals surface area contributed by atoms with E-state index in [0.29, 0.717) is 16.6 Å². The van der Waals surface area contributed by atoms with Crippen LogP contribution >= 0.6 is 11.3 Å². The SMILES string of the molecule is Cc1ccc(OCC(=O)Nc2nc(-c3ccc4c(c3)OCO4)cs2)cc1C. The van der Waals surface area contributed by atoms with Gasteiger partial charge in [0, 0.05) is 10.9 Å². The number of fused-ring (bicyclic) bond motifs is 1. The van der Waals surface area contributed by atoms with Crippen LogP contribution in [-0.2, 0) is 4.79 Å². The molecule has 0 atom stereocenters. The van der Waals surface area contributed by atoms with Crippen LogP contribution in [0.1, 0.15) is 11.1 Å². The Morgan fingerprint density at radius 2 is 2.00 bits per heavy atom. The number of anilines is 1. The summed E-state index contributed by atoms with van der Waals surface area (Å²) in [5, 5.41) is 5.18. The van der Waals surface area contributed by atoms with E-state index in [4.69, 9.17) is 14.2 Å². The second kappa shape index (κ2) is 7.28. The van der Waals surface area contributed by atoms with E-state index in [0.717, 1.165) is 22.6 Å². The second-order valence-corrected chi connectivity index (χ2v) is 7.05. The Hall–Kier alpha value is -3.06. The summed E-state index contributed by atoms with van der Waals surface area (Å²) in [4.78, 5) is 16.6. The van der Waals surface area contributed by atoms with Crippen molar-refractivity contribution < 1.29 is 19.0 Å². The van der Waals surface area contributed by atoms with Gasteiger partial charge in [0.2, 0.25) is 6.79 Å². The maximum absolute atomic E-state index is 12.1. The quantitative estimate of drug-likeness (QED) is 0.717. The molecule has 0 bridgehead atoms. The van der Waals surface area contributed by atoms with Gasteiger partial charge in [-0.05, 0) is 55.3 Å². The van der Waals surface area contributed by atoms with Gasteiger partial charge in [-0.15, -0.1) is 11.3 Å². The van der Waals surface area contributed by atoms with Crippen molar-refractivity contribution in [3.63, 3.8) is 0 Å². The molecule has 2 aromatic carbocycles. The molecule has 2 heterocycles.